The van der Waals surface area contributed by atoms with Crippen molar-refractivity contribution in [2.24, 2.45) is 0 Å². The number of nitrogens with one attached hydrogen (secondary N) is 1. The zero-order valence-corrected chi connectivity index (χ0v) is 21.2. The summed E-state index contributed by atoms with van der Waals surface area (Å²) < 4.78 is 30.0. The van der Waals surface area contributed by atoms with Crippen LogP contribution in [0.25, 0.3) is 5.65 Å². The molecule has 1 aliphatic rings. The van der Waals surface area contributed by atoms with Gasteiger partial charge in [-0.15, -0.1) is 0 Å². The Balaban J connectivity index is 1.48. The maximum atomic E-state index is 13.3. The van der Waals surface area contributed by atoms with E-state index in [1.165, 1.54) is 0 Å². The van der Waals surface area contributed by atoms with Gasteiger partial charge in [0.2, 0.25) is 15.9 Å². The van der Waals surface area contributed by atoms with E-state index < -0.39 is 10.0 Å². The van der Waals surface area contributed by atoms with Gasteiger partial charge in [0.15, 0.2) is 5.65 Å². The van der Waals surface area contributed by atoms with Crippen LogP contribution in [0.2, 0.25) is 0 Å². The highest BCUT2D eigenvalue weighted by Crippen LogP contribution is 2.26. The Morgan fingerprint density at radius 1 is 1.03 bits per heavy atom. The van der Waals surface area contributed by atoms with Crippen LogP contribution in [0.15, 0.2) is 29.2 Å². The number of carbonyl (C=O) groups is 1. The molecule has 8 nitrogen and oxygen atoms in total. The summed E-state index contributed by atoms with van der Waals surface area (Å²) in [5.74, 6) is -0.169. The maximum absolute atomic E-state index is 13.3. The average Bonchev–Trinajstić information content (AvgIpc) is 2.98. The van der Waals surface area contributed by atoms with Crippen LogP contribution in [0.3, 0.4) is 0 Å². The van der Waals surface area contributed by atoms with Crippen molar-refractivity contribution in [3.63, 3.8) is 0 Å². The zero-order chi connectivity index (χ0) is 24.5. The number of aromatic nitrogens is 3. The van der Waals surface area contributed by atoms with Crippen LogP contribution >= 0.6 is 0 Å². The summed E-state index contributed by atoms with van der Waals surface area (Å²) in [6.45, 7) is 8.75. The van der Waals surface area contributed by atoms with Crippen molar-refractivity contribution in [2.75, 3.05) is 18.4 Å². The number of carbonyl (C=O) groups excluding carboxylic acids is 1. The van der Waals surface area contributed by atoms with Gasteiger partial charge in [-0.2, -0.15) is 9.40 Å². The highest BCUT2D eigenvalue weighted by atomic mass is 32.2. The van der Waals surface area contributed by atoms with Crippen LogP contribution in [0, 0.1) is 27.7 Å². The van der Waals surface area contributed by atoms with Crippen molar-refractivity contribution in [2.45, 2.75) is 71.1 Å². The normalized spacial score (nSPS) is 15.4. The van der Waals surface area contributed by atoms with Crippen LogP contribution in [0.5, 0.6) is 0 Å². The Morgan fingerprint density at radius 3 is 2.44 bits per heavy atom. The van der Waals surface area contributed by atoms with E-state index in [0.29, 0.717) is 30.8 Å². The molecule has 9 heteroatoms. The summed E-state index contributed by atoms with van der Waals surface area (Å²) >= 11 is 0. The predicted octanol–water partition coefficient (Wildman–Crippen LogP) is 4.10. The van der Waals surface area contributed by atoms with Gasteiger partial charge in [0.1, 0.15) is 0 Å². The molecule has 3 heterocycles. The van der Waals surface area contributed by atoms with E-state index in [1.807, 2.05) is 31.4 Å². The van der Waals surface area contributed by atoms with Crippen LogP contribution in [-0.2, 0) is 21.2 Å². The Labute approximate surface area is 201 Å². The third-order valence-electron chi connectivity index (χ3n) is 6.54. The van der Waals surface area contributed by atoms with Gasteiger partial charge in [-0.1, -0.05) is 18.9 Å². The lowest BCUT2D eigenvalue weighted by Gasteiger charge is -2.21. The Morgan fingerprint density at radius 2 is 1.74 bits per heavy atom. The molecule has 3 aromatic rings. The number of benzene rings is 1. The third-order valence-corrected chi connectivity index (χ3v) is 8.58. The topological polar surface area (TPSA) is 96.7 Å². The largest absolute Gasteiger partial charge is 0.326 e. The number of sulfonamides is 1. The van der Waals surface area contributed by atoms with E-state index in [1.54, 1.807) is 29.4 Å². The average molecular weight is 484 g/mol. The Bertz CT molecular complexity index is 1320. The molecular formula is C25H33N5O3S. The van der Waals surface area contributed by atoms with Gasteiger partial charge in [-0.3, -0.25) is 4.79 Å². The van der Waals surface area contributed by atoms with Crippen LogP contribution in [0.1, 0.15) is 60.3 Å². The molecule has 0 saturated carbocycles. The van der Waals surface area contributed by atoms with Crippen molar-refractivity contribution in [1.82, 2.24) is 18.9 Å². The molecule has 2 aromatic heterocycles. The first-order valence-corrected chi connectivity index (χ1v) is 13.3. The number of hydrogen-bond acceptors (Lipinski definition) is 5. The smallest absolute Gasteiger partial charge is 0.243 e. The molecule has 1 aromatic carbocycles. The lowest BCUT2D eigenvalue weighted by atomic mass is 10.1. The van der Waals surface area contributed by atoms with E-state index in [-0.39, 0.29) is 17.2 Å². The molecule has 182 valence electrons. The van der Waals surface area contributed by atoms with Crippen molar-refractivity contribution in [3.05, 3.63) is 52.5 Å². The minimum atomic E-state index is -3.60. The molecule has 4 rings (SSSR count). The van der Waals surface area contributed by atoms with Gasteiger partial charge in [0.25, 0.3) is 0 Å². The molecule has 1 fully saturated rings. The number of aryl methyl sites for hydroxylation is 4. The second-order valence-corrected chi connectivity index (χ2v) is 11.1. The number of hydrogen-bond donors (Lipinski definition) is 1. The van der Waals surface area contributed by atoms with Gasteiger partial charge in [-0.25, -0.2) is 17.9 Å². The van der Waals surface area contributed by atoms with Gasteiger partial charge in [0.05, 0.1) is 10.6 Å². The summed E-state index contributed by atoms with van der Waals surface area (Å²) in [4.78, 5) is 17.6. The molecule has 0 spiro atoms. The molecule has 0 atom stereocenters. The van der Waals surface area contributed by atoms with Crippen LogP contribution in [-0.4, -0.2) is 46.3 Å². The number of fused-ring (bicyclic) bond motifs is 1. The quantitative estimate of drug-likeness (QED) is 0.569. The standard InChI is InChI=1S/C25H33N5O3S/c1-17-9-10-21(16-23(17)34(32,33)29-13-7-5-6-8-14-29)27-25(31)12-11-22-19(3)26-24-15-18(2)28-30(24)20(22)4/h9-10,15-16H,5-8,11-14H2,1-4H3,(H,27,31). The van der Waals surface area contributed by atoms with Gasteiger partial charge in [-0.05, 0) is 70.2 Å². The summed E-state index contributed by atoms with van der Waals surface area (Å²) in [5.41, 5.74) is 5.74. The van der Waals surface area contributed by atoms with E-state index in [9.17, 15) is 13.2 Å². The van der Waals surface area contributed by atoms with E-state index in [4.69, 9.17) is 0 Å². The molecule has 1 aliphatic heterocycles. The molecule has 0 unspecified atom stereocenters. The van der Waals surface area contributed by atoms with E-state index >= 15 is 0 Å². The second kappa shape index (κ2) is 9.84. The van der Waals surface area contributed by atoms with Gasteiger partial charge < -0.3 is 5.32 Å². The first-order valence-electron chi connectivity index (χ1n) is 11.9. The molecule has 1 amide bonds. The SMILES string of the molecule is Cc1cc2nc(C)c(CCC(=O)Nc3ccc(C)c(S(=O)(=O)N4CCCCCC4)c3)c(C)n2n1. The fourth-order valence-electron chi connectivity index (χ4n) is 4.64. The summed E-state index contributed by atoms with van der Waals surface area (Å²) in [6, 6.07) is 7.03. The zero-order valence-electron chi connectivity index (χ0n) is 20.4. The molecule has 0 bridgehead atoms. The highest BCUT2D eigenvalue weighted by Gasteiger charge is 2.27. The number of amides is 1. The molecule has 0 radical (unpaired) electrons. The lowest BCUT2D eigenvalue weighted by molar-refractivity contribution is -0.116. The summed E-state index contributed by atoms with van der Waals surface area (Å²) in [5, 5.41) is 7.37. The summed E-state index contributed by atoms with van der Waals surface area (Å²) in [7, 11) is -3.60. The predicted molar refractivity (Wildman–Crippen MR) is 133 cm³/mol. The molecule has 0 aliphatic carbocycles. The number of rotatable bonds is 6. The molecular weight excluding hydrogens is 450 g/mol. The fourth-order valence-corrected chi connectivity index (χ4v) is 6.41. The number of anilines is 1. The summed E-state index contributed by atoms with van der Waals surface area (Å²) in [6.07, 6.45) is 4.66. The van der Waals surface area contributed by atoms with Crippen LogP contribution in [0.4, 0.5) is 5.69 Å². The Kier molecular flexibility index (Phi) is 7.04. The molecule has 34 heavy (non-hydrogen) atoms. The van der Waals surface area contributed by atoms with E-state index in [2.05, 4.69) is 15.4 Å². The first-order chi connectivity index (χ1) is 16.2. The molecule has 1 N–H and O–H groups in total. The third kappa shape index (κ3) is 5.00. The monoisotopic (exact) mass is 483 g/mol. The van der Waals surface area contributed by atoms with Crippen molar-refractivity contribution in [1.29, 1.82) is 0 Å². The minimum Gasteiger partial charge on any atom is -0.326 e. The van der Waals surface area contributed by atoms with E-state index in [0.717, 1.165) is 54.0 Å². The number of nitrogens with zero attached hydrogens (tertiary/aromatic N) is 4. The Hall–Kier alpha value is -2.78. The van der Waals surface area contributed by atoms with Crippen molar-refractivity contribution in [3.8, 4) is 0 Å². The van der Waals surface area contributed by atoms with Gasteiger partial charge in [0, 0.05) is 42.7 Å². The van der Waals surface area contributed by atoms with Gasteiger partial charge >= 0.3 is 0 Å². The maximum Gasteiger partial charge on any atom is 0.243 e. The van der Waals surface area contributed by atoms with Crippen LogP contribution < -0.4 is 5.32 Å². The second-order valence-electron chi connectivity index (χ2n) is 9.16. The molecule has 1 saturated heterocycles. The van der Waals surface area contributed by atoms with Crippen molar-refractivity contribution < 1.29 is 13.2 Å². The minimum absolute atomic E-state index is 0.169. The lowest BCUT2D eigenvalue weighted by Crippen LogP contribution is -2.32. The van der Waals surface area contributed by atoms with Crippen molar-refractivity contribution >= 4 is 27.3 Å². The highest BCUT2D eigenvalue weighted by molar-refractivity contribution is 7.89. The fraction of sp³-hybridized carbons (Fsp3) is 0.480. The first kappa shape index (κ1) is 24.3.